The topological polar surface area (TPSA) is 108 Å². The summed E-state index contributed by atoms with van der Waals surface area (Å²) in [4.78, 5) is 38.4. The van der Waals surface area contributed by atoms with Crippen LogP contribution < -0.4 is 0 Å². The van der Waals surface area contributed by atoms with Crippen LogP contribution in [0.3, 0.4) is 0 Å². The summed E-state index contributed by atoms with van der Waals surface area (Å²) in [5.74, 6) is -4.07. The van der Waals surface area contributed by atoms with Crippen molar-refractivity contribution in [1.29, 1.82) is 0 Å². The van der Waals surface area contributed by atoms with E-state index in [0.29, 0.717) is 18.9 Å². The summed E-state index contributed by atoms with van der Waals surface area (Å²) in [5, 5.41) is 19.8. The maximum atomic E-state index is 13.3. The number of ketones is 1. The highest BCUT2D eigenvalue weighted by Gasteiger charge is 2.29. The van der Waals surface area contributed by atoms with Crippen LogP contribution in [0.25, 0.3) is 11.0 Å². The first-order valence-corrected chi connectivity index (χ1v) is 11.5. The summed E-state index contributed by atoms with van der Waals surface area (Å²) in [7, 11) is 0. The lowest BCUT2D eigenvalue weighted by molar-refractivity contribution is -0.135. The molecule has 0 fully saturated rings. The molecule has 1 aliphatic rings. The van der Waals surface area contributed by atoms with Crippen molar-refractivity contribution in [2.24, 2.45) is 5.92 Å². The van der Waals surface area contributed by atoms with Gasteiger partial charge < -0.3 is 14.6 Å². The summed E-state index contributed by atoms with van der Waals surface area (Å²) in [6.07, 6.45) is 2.79. The molecule has 0 aliphatic carbocycles. The fourth-order valence-electron chi connectivity index (χ4n) is 4.65. The third kappa shape index (κ3) is 5.66. The van der Waals surface area contributed by atoms with Gasteiger partial charge in [0.2, 0.25) is 0 Å². The molecule has 1 atom stereocenters. The lowest BCUT2D eigenvalue weighted by atomic mass is 9.85. The monoisotopic (exact) mass is 479 g/mol. The number of nitrogens with zero attached hydrogens (tertiary/aromatic N) is 1. The van der Waals surface area contributed by atoms with Gasteiger partial charge in [0, 0.05) is 42.1 Å². The number of carbonyl (C=O) groups is 3. The van der Waals surface area contributed by atoms with Crippen LogP contribution in [0.15, 0.2) is 64.6 Å². The van der Waals surface area contributed by atoms with E-state index in [1.807, 2.05) is 18.2 Å². The van der Waals surface area contributed by atoms with E-state index in [4.69, 9.17) is 9.52 Å². The average molecular weight is 480 g/mol. The molecule has 8 heteroatoms. The minimum atomic E-state index is -1.46. The van der Waals surface area contributed by atoms with Gasteiger partial charge in [-0.2, -0.15) is 0 Å². The number of fused-ring (bicyclic) bond motifs is 3. The standard InChI is InChI=1S/C27H26FNO6/c28-18-10-8-17(9-11-18)26(32)20(21(27(33)34)15-25(30)31)6-3-4-13-29-14-12-24-22(16-29)19-5-1-2-7-23(19)35-24/h1-2,5,7-11,15,20H,3-4,6,12-14,16H2,(H,30,31)(H,33,34). The molecule has 2 aromatic carbocycles. The Morgan fingerprint density at radius 2 is 1.80 bits per heavy atom. The number of carboxylic acids is 2. The molecular formula is C27H26FNO6. The predicted molar refractivity (Wildman–Crippen MR) is 127 cm³/mol. The van der Waals surface area contributed by atoms with Gasteiger partial charge in [0.25, 0.3) is 0 Å². The van der Waals surface area contributed by atoms with Crippen LogP contribution in [-0.2, 0) is 22.6 Å². The highest BCUT2D eigenvalue weighted by Crippen LogP contribution is 2.31. The van der Waals surface area contributed by atoms with Crippen LogP contribution in [0, 0.1) is 11.7 Å². The third-order valence-corrected chi connectivity index (χ3v) is 6.38. The van der Waals surface area contributed by atoms with E-state index in [9.17, 15) is 23.9 Å². The van der Waals surface area contributed by atoms with Gasteiger partial charge in [-0.15, -0.1) is 0 Å². The molecular weight excluding hydrogens is 453 g/mol. The quantitative estimate of drug-likeness (QED) is 0.247. The van der Waals surface area contributed by atoms with Crippen LogP contribution in [0.4, 0.5) is 4.39 Å². The molecule has 2 N–H and O–H groups in total. The molecule has 1 aromatic heterocycles. The van der Waals surface area contributed by atoms with Crippen molar-refractivity contribution in [3.63, 3.8) is 0 Å². The Bertz CT molecular complexity index is 1280. The number of Topliss-reactive ketones (excluding diaryl/α,β-unsaturated/α-hetero) is 1. The van der Waals surface area contributed by atoms with Gasteiger partial charge in [-0.25, -0.2) is 14.0 Å². The Hall–Kier alpha value is -3.78. The first-order valence-electron chi connectivity index (χ1n) is 11.5. The normalized spacial score (nSPS) is 15.1. The van der Waals surface area contributed by atoms with E-state index < -0.39 is 35.0 Å². The highest BCUT2D eigenvalue weighted by molar-refractivity contribution is 6.07. The number of benzene rings is 2. The number of carboxylic acid groups (broad SMARTS) is 2. The number of hydrogen-bond donors (Lipinski definition) is 2. The molecule has 0 saturated carbocycles. The second kappa shape index (κ2) is 10.7. The summed E-state index contributed by atoms with van der Waals surface area (Å²) in [6.45, 7) is 2.34. The minimum absolute atomic E-state index is 0.143. The summed E-state index contributed by atoms with van der Waals surface area (Å²) < 4.78 is 19.2. The van der Waals surface area contributed by atoms with Crippen molar-refractivity contribution < 1.29 is 33.4 Å². The van der Waals surface area contributed by atoms with E-state index in [1.54, 1.807) is 0 Å². The van der Waals surface area contributed by atoms with Crippen LogP contribution in [-0.4, -0.2) is 45.9 Å². The molecule has 1 aliphatic heterocycles. The number of rotatable bonds is 10. The molecule has 0 saturated heterocycles. The van der Waals surface area contributed by atoms with Crippen LogP contribution in [0.5, 0.6) is 0 Å². The number of hydrogen-bond acceptors (Lipinski definition) is 5. The lowest BCUT2D eigenvalue weighted by Gasteiger charge is -2.26. The molecule has 1 unspecified atom stereocenters. The first-order chi connectivity index (χ1) is 16.8. The Morgan fingerprint density at radius 1 is 1.06 bits per heavy atom. The first kappa shape index (κ1) is 24.3. The molecule has 3 aromatic rings. The number of carbonyl (C=O) groups excluding carboxylic acids is 1. The Kier molecular flexibility index (Phi) is 7.41. The molecule has 4 rings (SSSR count). The van der Waals surface area contributed by atoms with Crippen molar-refractivity contribution in [3.05, 3.63) is 82.9 Å². The Labute approximate surface area is 201 Å². The van der Waals surface area contributed by atoms with Gasteiger partial charge in [-0.05, 0) is 49.7 Å². The van der Waals surface area contributed by atoms with E-state index in [-0.39, 0.29) is 12.0 Å². The minimum Gasteiger partial charge on any atom is -0.478 e. The summed E-state index contributed by atoms with van der Waals surface area (Å²) in [5.41, 5.74) is 1.74. The van der Waals surface area contributed by atoms with Crippen molar-refractivity contribution >= 4 is 28.7 Å². The zero-order valence-electron chi connectivity index (χ0n) is 19.1. The van der Waals surface area contributed by atoms with E-state index in [0.717, 1.165) is 54.9 Å². The fraction of sp³-hybridized carbons (Fsp3) is 0.296. The summed E-state index contributed by atoms with van der Waals surface area (Å²) in [6, 6.07) is 12.8. The maximum Gasteiger partial charge on any atom is 0.332 e. The third-order valence-electron chi connectivity index (χ3n) is 6.38. The molecule has 0 amide bonds. The van der Waals surface area contributed by atoms with Gasteiger partial charge in [0.05, 0.1) is 11.5 Å². The number of halogens is 1. The van der Waals surface area contributed by atoms with E-state index >= 15 is 0 Å². The van der Waals surface area contributed by atoms with Gasteiger partial charge >= 0.3 is 11.9 Å². The van der Waals surface area contributed by atoms with Crippen molar-refractivity contribution in [2.45, 2.75) is 32.2 Å². The lowest BCUT2D eigenvalue weighted by Crippen LogP contribution is -2.31. The Morgan fingerprint density at radius 3 is 2.51 bits per heavy atom. The molecule has 2 heterocycles. The zero-order valence-corrected chi connectivity index (χ0v) is 19.1. The maximum absolute atomic E-state index is 13.3. The van der Waals surface area contributed by atoms with Crippen molar-refractivity contribution in [3.8, 4) is 0 Å². The second-order valence-electron chi connectivity index (χ2n) is 8.69. The van der Waals surface area contributed by atoms with Crippen LogP contribution in [0.2, 0.25) is 0 Å². The number of para-hydroxylation sites is 1. The summed E-state index contributed by atoms with van der Waals surface area (Å²) >= 11 is 0. The van der Waals surface area contributed by atoms with Gasteiger partial charge in [0.1, 0.15) is 17.2 Å². The molecule has 7 nitrogen and oxygen atoms in total. The number of aliphatic carboxylic acids is 2. The molecule has 0 spiro atoms. The molecule has 35 heavy (non-hydrogen) atoms. The highest BCUT2D eigenvalue weighted by atomic mass is 19.1. The molecule has 0 bridgehead atoms. The second-order valence-corrected chi connectivity index (χ2v) is 8.69. The predicted octanol–water partition coefficient (Wildman–Crippen LogP) is 4.70. The van der Waals surface area contributed by atoms with E-state index in [2.05, 4.69) is 11.0 Å². The largest absolute Gasteiger partial charge is 0.478 e. The smallest absolute Gasteiger partial charge is 0.332 e. The number of furan rings is 1. The Balaban J connectivity index is 1.42. The van der Waals surface area contributed by atoms with Crippen molar-refractivity contribution in [1.82, 2.24) is 4.90 Å². The van der Waals surface area contributed by atoms with Crippen molar-refractivity contribution in [2.75, 3.05) is 13.1 Å². The zero-order chi connectivity index (χ0) is 24.9. The van der Waals surface area contributed by atoms with Crippen LogP contribution >= 0.6 is 0 Å². The number of unbranched alkanes of at least 4 members (excludes halogenated alkanes) is 1. The van der Waals surface area contributed by atoms with Gasteiger partial charge in [-0.3, -0.25) is 9.69 Å². The van der Waals surface area contributed by atoms with Gasteiger partial charge in [0.15, 0.2) is 5.78 Å². The van der Waals surface area contributed by atoms with Crippen LogP contribution in [0.1, 0.15) is 40.9 Å². The van der Waals surface area contributed by atoms with E-state index in [1.165, 1.54) is 17.7 Å². The van der Waals surface area contributed by atoms with Gasteiger partial charge in [-0.1, -0.05) is 24.6 Å². The fourth-order valence-corrected chi connectivity index (χ4v) is 4.65. The SMILES string of the molecule is O=C(O)C=C(C(=O)O)C(CCCCN1CCc2oc3ccccc3c2C1)C(=O)c1ccc(F)cc1. The average Bonchev–Trinajstić information content (AvgIpc) is 3.21. The molecule has 182 valence electrons. The molecule has 0 radical (unpaired) electrons.